The van der Waals surface area contributed by atoms with Crippen molar-refractivity contribution in [2.75, 3.05) is 39.6 Å². The van der Waals surface area contributed by atoms with Crippen molar-refractivity contribution in [3.63, 3.8) is 0 Å². The molecule has 0 spiro atoms. The van der Waals surface area contributed by atoms with E-state index in [9.17, 15) is 43.2 Å². The third-order valence-electron chi connectivity index (χ3n) is 18.6. The smallest absolute Gasteiger partial charge is 0.462 e. The van der Waals surface area contributed by atoms with E-state index in [-0.39, 0.29) is 25.7 Å². The molecule has 0 bridgehead atoms. The van der Waals surface area contributed by atoms with Crippen molar-refractivity contribution < 1.29 is 80.2 Å². The highest BCUT2D eigenvalue weighted by Crippen LogP contribution is 2.45. The molecule has 0 aliphatic carbocycles. The summed E-state index contributed by atoms with van der Waals surface area (Å²) in [5.74, 6) is 0.223. The number of aliphatic hydroxyl groups is 1. The fraction of sp³-hybridized carbons (Fsp3) is 0.948. The second kappa shape index (κ2) is 67.5. The van der Waals surface area contributed by atoms with Crippen molar-refractivity contribution in [1.29, 1.82) is 0 Å². The molecular formula is C77H150O17P2. The van der Waals surface area contributed by atoms with Crippen LogP contribution in [0.4, 0.5) is 0 Å². The van der Waals surface area contributed by atoms with Crippen molar-refractivity contribution in [1.82, 2.24) is 0 Å². The molecule has 17 nitrogen and oxygen atoms in total. The molecular weight excluding hydrogens is 1260 g/mol. The van der Waals surface area contributed by atoms with Crippen molar-refractivity contribution >= 4 is 39.5 Å². The summed E-state index contributed by atoms with van der Waals surface area (Å²) in [7, 11) is -9.92. The standard InChI is InChI=1S/C77H150O17P2/c1-8-11-12-13-14-15-16-17-18-19-20-21-22-30-39-46-53-60-76(81)93-72(64-87-74(79)58-51-44-37-29-25-23-27-35-42-49-56-69(6)9-2)66-91-95(83,84)89-62-71(78)63-90-96(85,86)92-67-73(65-88-75(80)59-52-45-38-33-32-34-41-48-55-68(4)5)94-77(82)61-54-47-40-31-26-24-28-36-43-50-57-70(7)10-3/h68-73,78H,8-67H2,1-7H3,(H,83,84)(H,85,86)/t69?,70?,71-,72-,73-/m1/s1. The van der Waals surface area contributed by atoms with E-state index in [1.54, 1.807) is 0 Å². The number of ether oxygens (including phenoxy) is 4. The Kier molecular flexibility index (Phi) is 66.2. The van der Waals surface area contributed by atoms with Gasteiger partial charge in [-0.25, -0.2) is 9.13 Å². The zero-order valence-corrected chi connectivity index (χ0v) is 64.6. The number of aliphatic hydroxyl groups excluding tert-OH is 1. The molecule has 0 rings (SSSR count). The lowest BCUT2D eigenvalue weighted by molar-refractivity contribution is -0.161. The highest BCUT2D eigenvalue weighted by atomic mass is 31.2. The van der Waals surface area contributed by atoms with Crippen molar-refractivity contribution in [2.24, 2.45) is 17.8 Å². The van der Waals surface area contributed by atoms with Gasteiger partial charge in [0, 0.05) is 25.7 Å². The maximum Gasteiger partial charge on any atom is 0.472 e. The SMILES string of the molecule is CCCCCCCCCCCCCCCCCCCC(=O)O[C@H](COC(=O)CCCCCCCCCCCCC(C)CC)COP(=O)(O)OC[C@@H](O)COP(=O)(O)OC[C@@H](COC(=O)CCCCCCCCCCC(C)C)OC(=O)CCCCCCCCCCCCC(C)CC. The summed E-state index contributed by atoms with van der Waals surface area (Å²) in [5, 5.41) is 10.6. The Morgan fingerprint density at radius 2 is 0.531 bits per heavy atom. The maximum atomic E-state index is 13.1. The van der Waals surface area contributed by atoms with Gasteiger partial charge in [-0.2, -0.15) is 0 Å². The summed E-state index contributed by atoms with van der Waals surface area (Å²) in [6.07, 6.45) is 53.9. The Balaban J connectivity index is 5.27. The summed E-state index contributed by atoms with van der Waals surface area (Å²) >= 11 is 0. The lowest BCUT2D eigenvalue weighted by Gasteiger charge is -2.21. The van der Waals surface area contributed by atoms with E-state index in [2.05, 4.69) is 48.5 Å². The first-order valence-corrected chi connectivity index (χ1v) is 42.9. The topological polar surface area (TPSA) is 237 Å². The van der Waals surface area contributed by atoms with Gasteiger partial charge in [-0.15, -0.1) is 0 Å². The van der Waals surface area contributed by atoms with Crippen LogP contribution in [0.25, 0.3) is 0 Å². The summed E-state index contributed by atoms with van der Waals surface area (Å²) in [4.78, 5) is 72.9. The van der Waals surface area contributed by atoms with Crippen LogP contribution in [-0.4, -0.2) is 96.7 Å². The molecule has 570 valence electrons. The van der Waals surface area contributed by atoms with Gasteiger partial charge in [0.05, 0.1) is 26.4 Å². The maximum absolute atomic E-state index is 13.1. The molecule has 96 heavy (non-hydrogen) atoms. The molecule has 0 fully saturated rings. The first kappa shape index (κ1) is 94.1. The number of phosphoric acid groups is 2. The number of phosphoric ester groups is 2. The highest BCUT2D eigenvalue weighted by molar-refractivity contribution is 7.47. The minimum absolute atomic E-state index is 0.106. The molecule has 0 saturated heterocycles. The molecule has 0 radical (unpaired) electrons. The molecule has 0 aromatic carbocycles. The average Bonchev–Trinajstić information content (AvgIpc) is 2.78. The molecule has 0 saturated carbocycles. The van der Waals surface area contributed by atoms with Crippen LogP contribution >= 0.6 is 15.6 Å². The van der Waals surface area contributed by atoms with Gasteiger partial charge in [-0.3, -0.25) is 37.3 Å². The number of carbonyl (C=O) groups excluding carboxylic acids is 4. The molecule has 0 aromatic heterocycles. The van der Waals surface area contributed by atoms with Gasteiger partial charge in [-0.05, 0) is 43.4 Å². The summed E-state index contributed by atoms with van der Waals surface area (Å²) in [6, 6.07) is 0. The zero-order chi connectivity index (χ0) is 70.9. The van der Waals surface area contributed by atoms with Gasteiger partial charge < -0.3 is 33.8 Å². The van der Waals surface area contributed by atoms with Crippen LogP contribution in [0.3, 0.4) is 0 Å². The molecule has 0 amide bonds. The Hall–Kier alpha value is -1.94. The number of rotatable bonds is 75. The summed E-state index contributed by atoms with van der Waals surface area (Å²) in [5.41, 5.74) is 0. The number of esters is 4. The lowest BCUT2D eigenvalue weighted by atomic mass is 9.99. The quantitative estimate of drug-likeness (QED) is 0.0222. The van der Waals surface area contributed by atoms with Crippen LogP contribution in [0, 0.1) is 17.8 Å². The van der Waals surface area contributed by atoms with Gasteiger partial charge in [0.2, 0.25) is 0 Å². The molecule has 0 aliphatic heterocycles. The molecule has 3 N–H and O–H groups in total. The van der Waals surface area contributed by atoms with Crippen LogP contribution in [-0.2, 0) is 65.4 Å². The Morgan fingerprint density at radius 1 is 0.302 bits per heavy atom. The number of hydrogen-bond acceptors (Lipinski definition) is 15. The van der Waals surface area contributed by atoms with Gasteiger partial charge in [0.15, 0.2) is 12.2 Å². The molecule has 0 aliphatic rings. The van der Waals surface area contributed by atoms with Crippen LogP contribution < -0.4 is 0 Å². The lowest BCUT2D eigenvalue weighted by Crippen LogP contribution is -2.30. The summed E-state index contributed by atoms with van der Waals surface area (Å²) < 4.78 is 68.6. The van der Waals surface area contributed by atoms with Crippen molar-refractivity contribution in [3.8, 4) is 0 Å². The molecule has 0 heterocycles. The minimum Gasteiger partial charge on any atom is -0.462 e. The van der Waals surface area contributed by atoms with Gasteiger partial charge >= 0.3 is 39.5 Å². The number of unbranched alkanes of at least 4 members (excludes halogenated alkanes) is 41. The van der Waals surface area contributed by atoms with Crippen LogP contribution in [0.15, 0.2) is 0 Å². The second-order valence-electron chi connectivity index (χ2n) is 28.7. The van der Waals surface area contributed by atoms with E-state index in [1.165, 1.54) is 205 Å². The fourth-order valence-corrected chi connectivity index (χ4v) is 13.3. The van der Waals surface area contributed by atoms with E-state index in [4.69, 9.17) is 37.0 Å². The van der Waals surface area contributed by atoms with Gasteiger partial charge in [0.1, 0.15) is 19.3 Å². The van der Waals surface area contributed by atoms with Crippen LogP contribution in [0.5, 0.6) is 0 Å². The molecule has 19 heteroatoms. The number of carbonyl (C=O) groups is 4. The third-order valence-corrected chi connectivity index (χ3v) is 20.5. The largest absolute Gasteiger partial charge is 0.472 e. The normalized spacial score (nSPS) is 14.6. The molecule has 7 atom stereocenters. The monoisotopic (exact) mass is 1410 g/mol. The van der Waals surface area contributed by atoms with Gasteiger partial charge in [0.25, 0.3) is 0 Å². The molecule has 0 aromatic rings. The highest BCUT2D eigenvalue weighted by Gasteiger charge is 2.30. The second-order valence-corrected chi connectivity index (χ2v) is 31.6. The van der Waals surface area contributed by atoms with Crippen molar-refractivity contribution in [3.05, 3.63) is 0 Å². The first-order chi connectivity index (χ1) is 46.3. The fourth-order valence-electron chi connectivity index (χ4n) is 11.7. The van der Waals surface area contributed by atoms with E-state index in [0.717, 1.165) is 108 Å². The zero-order valence-electron chi connectivity index (χ0n) is 62.8. The average molecular weight is 1410 g/mol. The van der Waals surface area contributed by atoms with Crippen molar-refractivity contribution in [2.45, 2.75) is 414 Å². The van der Waals surface area contributed by atoms with Gasteiger partial charge in [-0.1, -0.05) is 344 Å². The van der Waals surface area contributed by atoms with E-state index in [0.29, 0.717) is 25.7 Å². The number of hydrogen-bond donors (Lipinski definition) is 3. The van der Waals surface area contributed by atoms with Crippen LogP contribution in [0.2, 0.25) is 0 Å². The Morgan fingerprint density at radius 3 is 0.792 bits per heavy atom. The Labute approximate surface area is 588 Å². The van der Waals surface area contributed by atoms with E-state index >= 15 is 0 Å². The Bertz CT molecular complexity index is 1870. The third kappa shape index (κ3) is 67.9. The predicted octanol–water partition coefficient (Wildman–Crippen LogP) is 22.6. The predicted molar refractivity (Wildman–Crippen MR) is 391 cm³/mol. The first-order valence-electron chi connectivity index (χ1n) is 39.9. The summed E-state index contributed by atoms with van der Waals surface area (Å²) in [6.45, 7) is 11.9. The molecule has 4 unspecified atom stereocenters. The van der Waals surface area contributed by atoms with Crippen LogP contribution in [0.1, 0.15) is 395 Å². The van der Waals surface area contributed by atoms with E-state index < -0.39 is 97.5 Å². The van der Waals surface area contributed by atoms with E-state index in [1.807, 2.05) is 0 Å². The minimum atomic E-state index is -4.96.